The van der Waals surface area contributed by atoms with Crippen LogP contribution in [0, 0.1) is 12.7 Å². The number of nitrogens with two attached hydrogens (primary N) is 1. The molecule has 5 heteroatoms. The smallest absolute Gasteiger partial charge is 0.222 e. The standard InChI is InChI=1S/C13H15FN4/c1-9-4-3-5-10(6-9)8-18(2)12-11(14)7-16-13(15)17-12/h3-7H,8H2,1-2H3,(H2,15,16,17). The molecule has 0 aliphatic carbocycles. The maximum atomic E-state index is 13.6. The summed E-state index contributed by atoms with van der Waals surface area (Å²) in [7, 11) is 1.77. The summed E-state index contributed by atoms with van der Waals surface area (Å²) in [4.78, 5) is 9.23. The molecule has 2 rings (SSSR count). The molecule has 1 aromatic carbocycles. The normalized spacial score (nSPS) is 10.4. The van der Waals surface area contributed by atoms with Crippen molar-refractivity contribution in [1.29, 1.82) is 0 Å². The third-order valence-corrected chi connectivity index (χ3v) is 2.61. The van der Waals surface area contributed by atoms with E-state index in [1.165, 1.54) is 5.56 Å². The molecular formula is C13H15FN4. The van der Waals surface area contributed by atoms with Gasteiger partial charge < -0.3 is 10.6 Å². The van der Waals surface area contributed by atoms with Crippen LogP contribution in [0.5, 0.6) is 0 Å². The summed E-state index contributed by atoms with van der Waals surface area (Å²) in [5.74, 6) is -0.189. The van der Waals surface area contributed by atoms with Gasteiger partial charge in [-0.2, -0.15) is 4.98 Å². The molecule has 2 aromatic rings. The maximum absolute atomic E-state index is 13.6. The number of anilines is 2. The van der Waals surface area contributed by atoms with Gasteiger partial charge in [0.15, 0.2) is 11.6 Å². The van der Waals surface area contributed by atoms with Crippen molar-refractivity contribution in [3.63, 3.8) is 0 Å². The van der Waals surface area contributed by atoms with Gasteiger partial charge in [0, 0.05) is 13.6 Å². The van der Waals surface area contributed by atoms with Crippen molar-refractivity contribution in [3.05, 3.63) is 47.4 Å². The van der Waals surface area contributed by atoms with E-state index < -0.39 is 5.82 Å². The van der Waals surface area contributed by atoms with Crippen molar-refractivity contribution in [2.75, 3.05) is 17.7 Å². The minimum Gasteiger partial charge on any atom is -0.368 e. The van der Waals surface area contributed by atoms with E-state index >= 15 is 0 Å². The summed E-state index contributed by atoms with van der Waals surface area (Å²) >= 11 is 0. The first-order valence-corrected chi connectivity index (χ1v) is 5.61. The molecule has 0 aliphatic rings. The van der Waals surface area contributed by atoms with Crippen LogP contribution in [0.25, 0.3) is 0 Å². The molecule has 0 spiro atoms. The van der Waals surface area contributed by atoms with E-state index in [1.807, 2.05) is 25.1 Å². The first-order valence-electron chi connectivity index (χ1n) is 5.61. The molecule has 0 atom stereocenters. The summed E-state index contributed by atoms with van der Waals surface area (Å²) in [5.41, 5.74) is 7.73. The monoisotopic (exact) mass is 246 g/mol. The summed E-state index contributed by atoms with van der Waals surface area (Å²) in [6.45, 7) is 2.59. The molecule has 0 saturated heterocycles. The highest BCUT2D eigenvalue weighted by atomic mass is 19.1. The van der Waals surface area contributed by atoms with Crippen LogP contribution in [0.15, 0.2) is 30.5 Å². The van der Waals surface area contributed by atoms with E-state index in [0.29, 0.717) is 6.54 Å². The van der Waals surface area contributed by atoms with Gasteiger partial charge in [0.25, 0.3) is 0 Å². The van der Waals surface area contributed by atoms with E-state index in [-0.39, 0.29) is 11.8 Å². The Hall–Kier alpha value is -2.17. The number of rotatable bonds is 3. The number of halogens is 1. The highest BCUT2D eigenvalue weighted by Gasteiger charge is 2.11. The fourth-order valence-corrected chi connectivity index (χ4v) is 1.80. The number of hydrogen-bond donors (Lipinski definition) is 1. The van der Waals surface area contributed by atoms with Gasteiger partial charge in [-0.1, -0.05) is 29.8 Å². The number of nitrogens with zero attached hydrogens (tertiary/aromatic N) is 3. The van der Waals surface area contributed by atoms with Crippen molar-refractivity contribution in [2.45, 2.75) is 13.5 Å². The molecule has 0 bridgehead atoms. The van der Waals surface area contributed by atoms with Gasteiger partial charge in [0.05, 0.1) is 6.20 Å². The topological polar surface area (TPSA) is 55.0 Å². The fourth-order valence-electron chi connectivity index (χ4n) is 1.80. The Morgan fingerprint density at radius 1 is 1.39 bits per heavy atom. The molecule has 0 unspecified atom stereocenters. The number of aryl methyl sites for hydroxylation is 1. The van der Waals surface area contributed by atoms with Crippen LogP contribution in [0.2, 0.25) is 0 Å². The average Bonchev–Trinajstić information content (AvgIpc) is 2.32. The highest BCUT2D eigenvalue weighted by Crippen LogP contribution is 2.17. The van der Waals surface area contributed by atoms with Crippen LogP contribution in [0.1, 0.15) is 11.1 Å². The van der Waals surface area contributed by atoms with Gasteiger partial charge in [-0.25, -0.2) is 9.37 Å². The van der Waals surface area contributed by atoms with E-state index in [4.69, 9.17) is 5.73 Å². The molecule has 0 fully saturated rings. The van der Waals surface area contributed by atoms with Gasteiger partial charge in [-0.05, 0) is 12.5 Å². The molecule has 0 radical (unpaired) electrons. The molecule has 4 nitrogen and oxygen atoms in total. The Kier molecular flexibility index (Phi) is 3.41. The zero-order valence-corrected chi connectivity index (χ0v) is 10.4. The molecule has 1 heterocycles. The van der Waals surface area contributed by atoms with Crippen molar-refractivity contribution >= 4 is 11.8 Å². The van der Waals surface area contributed by atoms with Crippen LogP contribution >= 0.6 is 0 Å². The quantitative estimate of drug-likeness (QED) is 0.901. The van der Waals surface area contributed by atoms with Crippen molar-refractivity contribution in [2.24, 2.45) is 0 Å². The highest BCUT2D eigenvalue weighted by molar-refractivity contribution is 5.42. The number of nitrogen functional groups attached to an aromatic ring is 1. The Balaban J connectivity index is 2.21. The number of hydrogen-bond acceptors (Lipinski definition) is 4. The van der Waals surface area contributed by atoms with Crippen LogP contribution in [-0.4, -0.2) is 17.0 Å². The molecule has 0 amide bonds. The lowest BCUT2D eigenvalue weighted by molar-refractivity contribution is 0.608. The van der Waals surface area contributed by atoms with Crippen LogP contribution in [0.4, 0.5) is 16.2 Å². The van der Waals surface area contributed by atoms with Crippen molar-refractivity contribution in [3.8, 4) is 0 Å². The zero-order valence-electron chi connectivity index (χ0n) is 10.4. The van der Waals surface area contributed by atoms with Gasteiger partial charge in [-0.3, -0.25) is 0 Å². The van der Waals surface area contributed by atoms with Crippen LogP contribution < -0.4 is 10.6 Å². The lowest BCUT2D eigenvalue weighted by Crippen LogP contribution is -2.20. The van der Waals surface area contributed by atoms with Crippen LogP contribution in [-0.2, 0) is 6.54 Å². The lowest BCUT2D eigenvalue weighted by atomic mass is 10.1. The first-order chi connectivity index (χ1) is 8.56. The summed E-state index contributed by atoms with van der Waals surface area (Å²) < 4.78 is 13.6. The summed E-state index contributed by atoms with van der Waals surface area (Å²) in [6, 6.07) is 8.04. The number of benzene rings is 1. The maximum Gasteiger partial charge on any atom is 0.222 e. The fraction of sp³-hybridized carbons (Fsp3) is 0.231. The second kappa shape index (κ2) is 5.00. The number of aromatic nitrogens is 2. The van der Waals surface area contributed by atoms with Gasteiger partial charge in [0.1, 0.15) is 0 Å². The Labute approximate surface area is 105 Å². The van der Waals surface area contributed by atoms with Gasteiger partial charge >= 0.3 is 0 Å². The van der Waals surface area contributed by atoms with E-state index in [2.05, 4.69) is 16.0 Å². The van der Waals surface area contributed by atoms with E-state index in [0.717, 1.165) is 11.8 Å². The van der Waals surface area contributed by atoms with Crippen molar-refractivity contribution in [1.82, 2.24) is 9.97 Å². The van der Waals surface area contributed by atoms with Gasteiger partial charge in [-0.15, -0.1) is 0 Å². The first kappa shape index (κ1) is 12.3. The molecule has 18 heavy (non-hydrogen) atoms. The molecule has 0 saturated carbocycles. The second-order valence-corrected chi connectivity index (χ2v) is 4.24. The Morgan fingerprint density at radius 3 is 2.89 bits per heavy atom. The summed E-state index contributed by atoms with van der Waals surface area (Å²) in [6.07, 6.45) is 1.09. The molecule has 2 N–H and O–H groups in total. The lowest BCUT2D eigenvalue weighted by Gasteiger charge is -2.19. The molecule has 94 valence electrons. The molecular weight excluding hydrogens is 231 g/mol. The van der Waals surface area contributed by atoms with Crippen LogP contribution in [0.3, 0.4) is 0 Å². The third kappa shape index (κ3) is 2.74. The SMILES string of the molecule is Cc1cccc(CN(C)c2nc(N)ncc2F)c1. The molecule has 1 aromatic heterocycles. The largest absolute Gasteiger partial charge is 0.368 e. The minimum atomic E-state index is -0.473. The van der Waals surface area contributed by atoms with E-state index in [1.54, 1.807) is 11.9 Å². The van der Waals surface area contributed by atoms with Crippen molar-refractivity contribution < 1.29 is 4.39 Å². The minimum absolute atomic E-state index is 0.0718. The third-order valence-electron chi connectivity index (χ3n) is 2.61. The van der Waals surface area contributed by atoms with E-state index in [9.17, 15) is 4.39 Å². The summed E-state index contributed by atoms with van der Waals surface area (Å²) in [5, 5.41) is 0. The Bertz CT molecular complexity index is 556. The predicted molar refractivity (Wildman–Crippen MR) is 69.7 cm³/mol. The average molecular weight is 246 g/mol. The Morgan fingerprint density at radius 2 is 2.17 bits per heavy atom. The molecule has 0 aliphatic heterocycles. The zero-order chi connectivity index (χ0) is 13.1. The second-order valence-electron chi connectivity index (χ2n) is 4.24. The van der Waals surface area contributed by atoms with Gasteiger partial charge in [0.2, 0.25) is 5.95 Å². The predicted octanol–water partition coefficient (Wildman–Crippen LogP) is 2.14.